The number of likely N-dealkylation sites (tertiary alicyclic amines) is 1. The van der Waals surface area contributed by atoms with Crippen LogP contribution in [-0.4, -0.2) is 40.5 Å². The first-order valence-corrected chi connectivity index (χ1v) is 6.36. The third-order valence-electron chi connectivity index (χ3n) is 3.64. The van der Waals surface area contributed by atoms with Crippen molar-refractivity contribution in [3.05, 3.63) is 30.3 Å². The maximum atomic E-state index is 11.9. The minimum atomic E-state index is -0.923. The number of amides is 1. The Morgan fingerprint density at radius 2 is 2.05 bits per heavy atom. The molecule has 5 nitrogen and oxygen atoms in total. The summed E-state index contributed by atoms with van der Waals surface area (Å²) < 4.78 is 0. The maximum absolute atomic E-state index is 11.9. The van der Waals surface area contributed by atoms with Crippen LogP contribution in [0.4, 0.5) is 5.69 Å². The lowest BCUT2D eigenvalue weighted by Gasteiger charge is -2.30. The average molecular weight is 262 g/mol. The van der Waals surface area contributed by atoms with E-state index in [4.69, 9.17) is 0 Å². The molecule has 0 aromatic heterocycles. The summed E-state index contributed by atoms with van der Waals surface area (Å²) in [6.45, 7) is 2.43. The number of nitrogens with one attached hydrogen (secondary N) is 1. The molecule has 2 rings (SSSR count). The summed E-state index contributed by atoms with van der Waals surface area (Å²) in [5.41, 5.74) is -0.197. The first kappa shape index (κ1) is 13.5. The van der Waals surface area contributed by atoms with Gasteiger partial charge in [-0.15, -0.1) is 0 Å². The van der Waals surface area contributed by atoms with Gasteiger partial charge < -0.3 is 10.4 Å². The molecule has 0 aliphatic carbocycles. The highest BCUT2D eigenvalue weighted by Gasteiger charge is 2.43. The Bertz CT molecular complexity index is 475. The predicted molar refractivity (Wildman–Crippen MR) is 71.9 cm³/mol. The van der Waals surface area contributed by atoms with Crippen LogP contribution in [0.5, 0.6) is 0 Å². The van der Waals surface area contributed by atoms with Crippen molar-refractivity contribution in [2.75, 3.05) is 18.4 Å². The molecule has 1 fully saturated rings. The highest BCUT2D eigenvalue weighted by atomic mass is 16.4. The van der Waals surface area contributed by atoms with E-state index < -0.39 is 11.5 Å². The number of para-hydroxylation sites is 1. The van der Waals surface area contributed by atoms with Gasteiger partial charge in [-0.2, -0.15) is 0 Å². The van der Waals surface area contributed by atoms with Crippen molar-refractivity contribution in [3.63, 3.8) is 0 Å². The lowest BCUT2D eigenvalue weighted by atomic mass is 9.99. The van der Waals surface area contributed by atoms with Crippen molar-refractivity contribution in [3.8, 4) is 0 Å². The minimum Gasteiger partial charge on any atom is -0.480 e. The number of hydrogen-bond donors (Lipinski definition) is 2. The van der Waals surface area contributed by atoms with Crippen LogP contribution in [0.15, 0.2) is 30.3 Å². The fourth-order valence-corrected chi connectivity index (χ4v) is 2.41. The Morgan fingerprint density at radius 3 is 2.68 bits per heavy atom. The van der Waals surface area contributed by atoms with E-state index in [9.17, 15) is 14.7 Å². The highest BCUT2D eigenvalue weighted by Crippen LogP contribution is 2.28. The van der Waals surface area contributed by atoms with Gasteiger partial charge in [0, 0.05) is 5.69 Å². The van der Waals surface area contributed by atoms with Crippen molar-refractivity contribution >= 4 is 17.6 Å². The molecule has 1 heterocycles. The standard InChI is InChI=1S/C14H18N2O3/c1-14(13(18)19)8-5-9-16(14)10-12(17)15-11-6-3-2-4-7-11/h2-4,6-7H,5,8-10H2,1H3,(H,15,17)(H,18,19). The highest BCUT2D eigenvalue weighted by molar-refractivity contribution is 5.92. The summed E-state index contributed by atoms with van der Waals surface area (Å²) in [6, 6.07) is 9.16. The number of benzene rings is 1. The van der Waals surface area contributed by atoms with Crippen molar-refractivity contribution in [1.29, 1.82) is 0 Å². The van der Waals surface area contributed by atoms with Gasteiger partial charge in [0.2, 0.25) is 5.91 Å². The van der Waals surface area contributed by atoms with E-state index in [0.717, 1.165) is 12.1 Å². The number of aliphatic carboxylic acids is 1. The van der Waals surface area contributed by atoms with E-state index in [-0.39, 0.29) is 12.5 Å². The molecular formula is C14H18N2O3. The number of nitrogens with zero attached hydrogens (tertiary/aromatic N) is 1. The molecule has 0 saturated carbocycles. The number of carbonyl (C=O) groups excluding carboxylic acids is 1. The molecular weight excluding hydrogens is 244 g/mol. The Kier molecular flexibility index (Phi) is 3.85. The van der Waals surface area contributed by atoms with Crippen LogP contribution in [0.3, 0.4) is 0 Å². The van der Waals surface area contributed by atoms with E-state index in [1.165, 1.54) is 0 Å². The molecule has 0 radical (unpaired) electrons. The van der Waals surface area contributed by atoms with Crippen LogP contribution in [-0.2, 0) is 9.59 Å². The van der Waals surface area contributed by atoms with Crippen molar-refractivity contribution in [2.24, 2.45) is 0 Å². The van der Waals surface area contributed by atoms with E-state index >= 15 is 0 Å². The summed E-state index contributed by atoms with van der Waals surface area (Å²) in [5, 5.41) is 12.0. The van der Waals surface area contributed by atoms with Gasteiger partial charge in [0.05, 0.1) is 6.54 Å². The van der Waals surface area contributed by atoms with Gasteiger partial charge in [-0.1, -0.05) is 18.2 Å². The molecule has 1 atom stereocenters. The Hall–Kier alpha value is -1.88. The predicted octanol–water partition coefficient (Wildman–Crippen LogP) is 1.56. The summed E-state index contributed by atoms with van der Waals surface area (Å²) >= 11 is 0. The molecule has 1 amide bonds. The quantitative estimate of drug-likeness (QED) is 0.864. The number of hydrogen-bond acceptors (Lipinski definition) is 3. The van der Waals surface area contributed by atoms with Crippen LogP contribution in [0, 0.1) is 0 Å². The zero-order chi connectivity index (χ0) is 13.9. The number of carbonyl (C=O) groups is 2. The normalized spacial score (nSPS) is 23.2. The van der Waals surface area contributed by atoms with Crippen molar-refractivity contribution < 1.29 is 14.7 Å². The van der Waals surface area contributed by atoms with Crippen molar-refractivity contribution in [2.45, 2.75) is 25.3 Å². The van der Waals surface area contributed by atoms with E-state index in [0.29, 0.717) is 13.0 Å². The second-order valence-corrected chi connectivity index (χ2v) is 5.02. The first-order valence-electron chi connectivity index (χ1n) is 6.36. The molecule has 1 aliphatic heterocycles. The van der Waals surface area contributed by atoms with Crippen LogP contribution in [0.2, 0.25) is 0 Å². The lowest BCUT2D eigenvalue weighted by Crippen LogP contribution is -2.50. The molecule has 1 aromatic carbocycles. The third-order valence-corrected chi connectivity index (χ3v) is 3.64. The maximum Gasteiger partial charge on any atom is 0.323 e. The third kappa shape index (κ3) is 2.93. The summed E-state index contributed by atoms with van der Waals surface area (Å²) in [7, 11) is 0. The number of carboxylic acid groups (broad SMARTS) is 1. The number of carboxylic acids is 1. The zero-order valence-electron chi connectivity index (χ0n) is 10.9. The van der Waals surface area contributed by atoms with Crippen LogP contribution in [0.25, 0.3) is 0 Å². The first-order chi connectivity index (χ1) is 9.02. The Morgan fingerprint density at radius 1 is 1.37 bits per heavy atom. The monoisotopic (exact) mass is 262 g/mol. The summed E-state index contributed by atoms with van der Waals surface area (Å²) in [5.74, 6) is -1.04. The molecule has 1 aliphatic rings. The molecule has 2 N–H and O–H groups in total. The molecule has 0 bridgehead atoms. The molecule has 1 unspecified atom stereocenters. The van der Waals surface area contributed by atoms with Gasteiger partial charge in [0.1, 0.15) is 5.54 Å². The van der Waals surface area contributed by atoms with Gasteiger partial charge in [-0.3, -0.25) is 14.5 Å². The SMILES string of the molecule is CC1(C(=O)O)CCCN1CC(=O)Nc1ccccc1. The molecule has 0 spiro atoms. The lowest BCUT2D eigenvalue weighted by molar-refractivity contribution is -0.149. The molecule has 102 valence electrons. The Balaban J connectivity index is 1.97. The largest absolute Gasteiger partial charge is 0.480 e. The van der Waals surface area contributed by atoms with Crippen LogP contribution in [0.1, 0.15) is 19.8 Å². The molecule has 19 heavy (non-hydrogen) atoms. The van der Waals surface area contributed by atoms with Gasteiger partial charge in [-0.25, -0.2) is 0 Å². The van der Waals surface area contributed by atoms with Crippen LogP contribution < -0.4 is 5.32 Å². The molecule has 5 heteroatoms. The minimum absolute atomic E-state index is 0.109. The Labute approximate surface area is 112 Å². The van der Waals surface area contributed by atoms with Gasteiger partial charge in [0.25, 0.3) is 0 Å². The fourth-order valence-electron chi connectivity index (χ4n) is 2.41. The fraction of sp³-hybridized carbons (Fsp3) is 0.429. The van der Waals surface area contributed by atoms with Gasteiger partial charge >= 0.3 is 5.97 Å². The summed E-state index contributed by atoms with van der Waals surface area (Å²) in [4.78, 5) is 25.0. The van der Waals surface area contributed by atoms with Gasteiger partial charge in [-0.05, 0) is 38.4 Å². The number of rotatable bonds is 4. The molecule has 1 aromatic rings. The topological polar surface area (TPSA) is 69.6 Å². The van der Waals surface area contributed by atoms with Gasteiger partial charge in [0.15, 0.2) is 0 Å². The second-order valence-electron chi connectivity index (χ2n) is 5.02. The van der Waals surface area contributed by atoms with Crippen LogP contribution >= 0.6 is 0 Å². The number of anilines is 1. The van der Waals surface area contributed by atoms with E-state index in [2.05, 4.69) is 5.32 Å². The summed E-state index contributed by atoms with van der Waals surface area (Å²) in [6.07, 6.45) is 1.39. The van der Waals surface area contributed by atoms with E-state index in [1.54, 1.807) is 24.0 Å². The van der Waals surface area contributed by atoms with E-state index in [1.807, 2.05) is 18.2 Å². The molecule has 1 saturated heterocycles. The average Bonchev–Trinajstić information content (AvgIpc) is 2.73. The second kappa shape index (κ2) is 5.40. The zero-order valence-corrected chi connectivity index (χ0v) is 10.9. The van der Waals surface area contributed by atoms with Crippen molar-refractivity contribution in [1.82, 2.24) is 4.90 Å². The smallest absolute Gasteiger partial charge is 0.323 e.